The van der Waals surface area contributed by atoms with Gasteiger partial charge in [0, 0.05) is 18.2 Å². The smallest absolute Gasteiger partial charge is 0.128 e. The molecule has 1 aliphatic rings. The number of pyridine rings is 1. The maximum absolute atomic E-state index is 6.11. The topological polar surface area (TPSA) is 22.1 Å². The van der Waals surface area contributed by atoms with Crippen molar-refractivity contribution >= 4 is 12.2 Å². The molecular formula is C21H17NO. The minimum absolute atomic E-state index is 0.0827. The van der Waals surface area contributed by atoms with E-state index in [0.29, 0.717) is 0 Å². The van der Waals surface area contributed by atoms with Crippen LogP contribution in [-0.4, -0.2) is 4.98 Å². The van der Waals surface area contributed by atoms with Crippen molar-refractivity contribution < 1.29 is 4.74 Å². The van der Waals surface area contributed by atoms with Crippen LogP contribution in [0.3, 0.4) is 0 Å². The van der Waals surface area contributed by atoms with Crippen molar-refractivity contribution in [2.24, 2.45) is 0 Å². The minimum Gasteiger partial charge on any atom is -0.485 e. The average Bonchev–Trinajstić information content (AvgIpc) is 3.06. The van der Waals surface area contributed by atoms with E-state index in [1.807, 2.05) is 36.5 Å². The molecule has 0 spiro atoms. The molecular weight excluding hydrogens is 282 g/mol. The first-order chi connectivity index (χ1) is 11.4. The third-order valence-corrected chi connectivity index (χ3v) is 4.11. The van der Waals surface area contributed by atoms with E-state index in [-0.39, 0.29) is 6.10 Å². The van der Waals surface area contributed by atoms with Crippen molar-refractivity contribution in [1.29, 1.82) is 0 Å². The van der Waals surface area contributed by atoms with Gasteiger partial charge in [-0.3, -0.25) is 4.98 Å². The highest BCUT2D eigenvalue weighted by molar-refractivity contribution is 5.70. The van der Waals surface area contributed by atoms with Crippen LogP contribution in [0.4, 0.5) is 0 Å². The van der Waals surface area contributed by atoms with E-state index in [2.05, 4.69) is 53.5 Å². The van der Waals surface area contributed by atoms with E-state index in [1.54, 1.807) is 0 Å². The highest BCUT2D eigenvalue weighted by Crippen LogP contribution is 2.38. The van der Waals surface area contributed by atoms with Crippen LogP contribution < -0.4 is 4.74 Å². The molecule has 0 bridgehead atoms. The lowest BCUT2D eigenvalue weighted by Gasteiger charge is -2.10. The first-order valence-corrected chi connectivity index (χ1v) is 7.83. The van der Waals surface area contributed by atoms with Crippen molar-refractivity contribution in [3.63, 3.8) is 0 Å². The second kappa shape index (κ2) is 6.09. The summed E-state index contributed by atoms with van der Waals surface area (Å²) >= 11 is 0. The van der Waals surface area contributed by atoms with Crippen molar-refractivity contribution in [2.75, 3.05) is 0 Å². The van der Waals surface area contributed by atoms with Crippen LogP contribution in [0.2, 0.25) is 0 Å². The number of benzene rings is 2. The monoisotopic (exact) mass is 299 g/mol. The number of aromatic nitrogens is 1. The molecule has 0 N–H and O–H groups in total. The summed E-state index contributed by atoms with van der Waals surface area (Å²) in [5.41, 5.74) is 4.56. The van der Waals surface area contributed by atoms with Gasteiger partial charge in [0.1, 0.15) is 11.9 Å². The van der Waals surface area contributed by atoms with Crippen LogP contribution in [0.25, 0.3) is 12.2 Å². The largest absolute Gasteiger partial charge is 0.485 e. The Morgan fingerprint density at radius 2 is 1.61 bits per heavy atom. The summed E-state index contributed by atoms with van der Waals surface area (Å²) in [6, 6.07) is 22.6. The van der Waals surface area contributed by atoms with E-state index in [9.17, 15) is 0 Å². The third kappa shape index (κ3) is 2.88. The Labute approximate surface area is 136 Å². The molecule has 0 fully saturated rings. The van der Waals surface area contributed by atoms with Crippen LogP contribution in [0.15, 0.2) is 72.9 Å². The number of fused-ring (bicyclic) bond motifs is 1. The Balaban J connectivity index is 1.61. The fourth-order valence-electron chi connectivity index (χ4n) is 2.92. The first kappa shape index (κ1) is 13.8. The summed E-state index contributed by atoms with van der Waals surface area (Å²) in [5.74, 6) is 0.946. The molecule has 1 aromatic heterocycles. The lowest BCUT2D eigenvalue weighted by Crippen LogP contribution is -2.02. The Hall–Kier alpha value is -2.87. The Bertz CT molecular complexity index is 825. The number of rotatable bonds is 3. The molecule has 0 saturated heterocycles. The molecule has 0 aliphatic carbocycles. The summed E-state index contributed by atoms with van der Waals surface area (Å²) in [4.78, 5) is 4.53. The molecule has 2 nitrogen and oxygen atoms in total. The van der Waals surface area contributed by atoms with Crippen molar-refractivity contribution in [3.05, 3.63) is 95.3 Å². The van der Waals surface area contributed by atoms with Crippen molar-refractivity contribution in [3.8, 4) is 5.75 Å². The van der Waals surface area contributed by atoms with Crippen LogP contribution in [-0.2, 0) is 6.42 Å². The Kier molecular flexibility index (Phi) is 3.65. The lowest BCUT2D eigenvalue weighted by molar-refractivity contribution is 0.238. The summed E-state index contributed by atoms with van der Waals surface area (Å²) in [6.45, 7) is 0. The molecule has 4 rings (SSSR count). The normalized spacial score (nSPS) is 16.3. The highest BCUT2D eigenvalue weighted by atomic mass is 16.5. The molecule has 0 saturated carbocycles. The van der Waals surface area contributed by atoms with Gasteiger partial charge in [-0.05, 0) is 23.3 Å². The van der Waals surface area contributed by atoms with Gasteiger partial charge in [-0.2, -0.15) is 0 Å². The molecule has 1 aliphatic heterocycles. The predicted octanol–water partition coefficient (Wildman–Crippen LogP) is 4.93. The number of hydrogen-bond acceptors (Lipinski definition) is 2. The van der Waals surface area contributed by atoms with Gasteiger partial charge in [0.05, 0.1) is 5.69 Å². The quantitative estimate of drug-likeness (QED) is 0.684. The van der Waals surface area contributed by atoms with Gasteiger partial charge in [0.25, 0.3) is 0 Å². The van der Waals surface area contributed by atoms with E-state index >= 15 is 0 Å². The van der Waals surface area contributed by atoms with Crippen molar-refractivity contribution in [1.82, 2.24) is 4.98 Å². The van der Waals surface area contributed by atoms with Gasteiger partial charge in [0.2, 0.25) is 0 Å². The second-order valence-corrected chi connectivity index (χ2v) is 5.64. The summed E-state index contributed by atoms with van der Waals surface area (Å²) in [6.07, 6.45) is 6.93. The molecule has 0 radical (unpaired) electrons. The minimum atomic E-state index is 0.0827. The van der Waals surface area contributed by atoms with E-state index in [1.165, 1.54) is 16.7 Å². The molecule has 2 heteroatoms. The van der Waals surface area contributed by atoms with Crippen LogP contribution >= 0.6 is 0 Å². The molecule has 3 aromatic rings. The van der Waals surface area contributed by atoms with Gasteiger partial charge >= 0.3 is 0 Å². The zero-order chi connectivity index (χ0) is 15.5. The van der Waals surface area contributed by atoms with Gasteiger partial charge < -0.3 is 4.74 Å². The Morgan fingerprint density at radius 1 is 0.870 bits per heavy atom. The van der Waals surface area contributed by atoms with Crippen LogP contribution in [0.5, 0.6) is 5.75 Å². The number of hydrogen-bond donors (Lipinski definition) is 0. The third-order valence-electron chi connectivity index (χ3n) is 4.11. The van der Waals surface area contributed by atoms with Gasteiger partial charge in [-0.1, -0.05) is 66.7 Å². The molecule has 23 heavy (non-hydrogen) atoms. The molecule has 1 unspecified atom stereocenters. The van der Waals surface area contributed by atoms with E-state index in [4.69, 9.17) is 4.74 Å². The summed E-state index contributed by atoms with van der Waals surface area (Å²) in [5, 5.41) is 0. The SMILES string of the molecule is C(=C\c1nccc2c1CC(c1ccccc1)O2)/c1ccccc1. The number of nitrogens with zero attached hydrogens (tertiary/aromatic N) is 1. The van der Waals surface area contributed by atoms with E-state index < -0.39 is 0 Å². The molecule has 0 amide bonds. The lowest BCUT2D eigenvalue weighted by atomic mass is 10.0. The predicted molar refractivity (Wildman–Crippen MR) is 93.1 cm³/mol. The molecule has 2 heterocycles. The maximum Gasteiger partial charge on any atom is 0.128 e. The second-order valence-electron chi connectivity index (χ2n) is 5.64. The summed E-state index contributed by atoms with van der Waals surface area (Å²) in [7, 11) is 0. The molecule has 112 valence electrons. The average molecular weight is 299 g/mol. The Morgan fingerprint density at radius 3 is 2.39 bits per heavy atom. The zero-order valence-corrected chi connectivity index (χ0v) is 12.7. The van der Waals surface area contributed by atoms with Crippen LogP contribution in [0.1, 0.15) is 28.5 Å². The van der Waals surface area contributed by atoms with Gasteiger partial charge in [-0.25, -0.2) is 0 Å². The zero-order valence-electron chi connectivity index (χ0n) is 12.7. The molecule has 2 aromatic carbocycles. The van der Waals surface area contributed by atoms with Crippen LogP contribution in [0, 0.1) is 0 Å². The standard InChI is InChI=1S/C21H17NO/c1-3-7-16(8-4-1)11-12-19-18-15-21(17-9-5-2-6-10-17)23-20(18)13-14-22-19/h1-14,21H,15H2/b12-11+. The number of ether oxygens (including phenoxy) is 1. The first-order valence-electron chi connectivity index (χ1n) is 7.83. The maximum atomic E-state index is 6.11. The molecule has 1 atom stereocenters. The fourth-order valence-corrected chi connectivity index (χ4v) is 2.92. The highest BCUT2D eigenvalue weighted by Gasteiger charge is 2.26. The van der Waals surface area contributed by atoms with Gasteiger partial charge in [0.15, 0.2) is 0 Å². The van der Waals surface area contributed by atoms with E-state index in [0.717, 1.165) is 17.9 Å². The van der Waals surface area contributed by atoms with Crippen molar-refractivity contribution in [2.45, 2.75) is 12.5 Å². The summed E-state index contributed by atoms with van der Waals surface area (Å²) < 4.78 is 6.11. The fraction of sp³-hybridized carbons (Fsp3) is 0.0952. The van der Waals surface area contributed by atoms with Gasteiger partial charge in [-0.15, -0.1) is 0 Å².